The predicted octanol–water partition coefficient (Wildman–Crippen LogP) is 7.80. The number of carboxylic acids is 1. The predicted molar refractivity (Wildman–Crippen MR) is 123 cm³/mol. The maximum absolute atomic E-state index is 12.4. The number of carbonyl (C=O) groups is 2. The van der Waals surface area contributed by atoms with Crippen molar-refractivity contribution in [1.29, 1.82) is 0 Å². The van der Waals surface area contributed by atoms with E-state index in [9.17, 15) is 14.7 Å². The third-order valence-corrected chi connectivity index (χ3v) is 5.74. The number of benzene rings is 1. The molecule has 0 amide bonds. The summed E-state index contributed by atoms with van der Waals surface area (Å²) in [7, 11) is 0. The van der Waals surface area contributed by atoms with Crippen LogP contribution in [0.4, 0.5) is 0 Å². The molecular weight excluding hydrogens is 376 g/mol. The first-order chi connectivity index (χ1) is 14.6. The number of hydrogen-bond donors (Lipinski definition) is 1. The maximum Gasteiger partial charge on any atom is 0.339 e. The summed E-state index contributed by atoms with van der Waals surface area (Å²) in [5.74, 6) is -1.64. The molecule has 0 aliphatic heterocycles. The first kappa shape index (κ1) is 26.2. The smallest absolute Gasteiger partial charge is 0.339 e. The second-order valence-electron chi connectivity index (χ2n) is 8.32. The van der Waals surface area contributed by atoms with Crippen LogP contribution in [0.25, 0.3) is 0 Å². The van der Waals surface area contributed by atoms with E-state index in [0.29, 0.717) is 0 Å². The fourth-order valence-electron chi connectivity index (χ4n) is 3.80. The maximum atomic E-state index is 12.4. The molecule has 0 heterocycles. The van der Waals surface area contributed by atoms with Crippen molar-refractivity contribution >= 4 is 11.9 Å². The minimum Gasteiger partial charge on any atom is -0.478 e. The Kier molecular flexibility index (Phi) is 14.8. The van der Waals surface area contributed by atoms with E-state index in [0.717, 1.165) is 25.7 Å². The number of esters is 1. The summed E-state index contributed by atoms with van der Waals surface area (Å²) < 4.78 is 5.58. The molecule has 0 spiro atoms. The van der Waals surface area contributed by atoms with E-state index >= 15 is 0 Å². The summed E-state index contributed by atoms with van der Waals surface area (Å²) in [4.78, 5) is 23.7. The minimum absolute atomic E-state index is 0.00156. The zero-order chi connectivity index (χ0) is 22.0. The third-order valence-electron chi connectivity index (χ3n) is 5.74. The summed E-state index contributed by atoms with van der Waals surface area (Å²) >= 11 is 0. The Bertz CT molecular complexity index is 596. The molecule has 0 bridgehead atoms. The highest BCUT2D eigenvalue weighted by Crippen LogP contribution is 2.17. The van der Waals surface area contributed by atoms with Crippen LogP contribution in [0.1, 0.15) is 131 Å². The molecule has 1 rings (SSSR count). The monoisotopic (exact) mass is 418 g/mol. The molecule has 1 aromatic carbocycles. The fourth-order valence-corrected chi connectivity index (χ4v) is 3.80. The van der Waals surface area contributed by atoms with Gasteiger partial charge in [-0.1, -0.05) is 103 Å². The molecule has 4 nitrogen and oxygen atoms in total. The zero-order valence-electron chi connectivity index (χ0n) is 19.2. The molecule has 1 aromatic rings. The van der Waals surface area contributed by atoms with Gasteiger partial charge >= 0.3 is 11.9 Å². The van der Waals surface area contributed by atoms with Gasteiger partial charge in [0.15, 0.2) is 0 Å². The number of aromatic carboxylic acids is 1. The van der Waals surface area contributed by atoms with E-state index in [4.69, 9.17) is 4.74 Å². The molecule has 0 saturated carbocycles. The Labute approximate surface area is 183 Å². The quantitative estimate of drug-likeness (QED) is 0.195. The highest BCUT2D eigenvalue weighted by atomic mass is 16.5. The first-order valence-electron chi connectivity index (χ1n) is 12.1. The topological polar surface area (TPSA) is 63.6 Å². The van der Waals surface area contributed by atoms with Crippen molar-refractivity contribution < 1.29 is 19.4 Å². The van der Waals surface area contributed by atoms with Crippen molar-refractivity contribution in [3.05, 3.63) is 35.4 Å². The molecule has 0 aromatic heterocycles. The van der Waals surface area contributed by atoms with Gasteiger partial charge in [0.2, 0.25) is 0 Å². The Morgan fingerprint density at radius 1 is 0.767 bits per heavy atom. The van der Waals surface area contributed by atoms with Gasteiger partial charge in [-0.2, -0.15) is 0 Å². The Balaban J connectivity index is 2.12. The van der Waals surface area contributed by atoms with Gasteiger partial charge in [-0.05, 0) is 31.4 Å². The lowest BCUT2D eigenvalue weighted by atomic mass is 10.0. The summed E-state index contributed by atoms with van der Waals surface area (Å²) in [6, 6.07) is 6.23. The van der Waals surface area contributed by atoms with Gasteiger partial charge in [0.1, 0.15) is 6.10 Å². The normalized spacial score (nSPS) is 11.9. The van der Waals surface area contributed by atoms with E-state index in [1.54, 1.807) is 12.1 Å². The lowest BCUT2D eigenvalue weighted by Gasteiger charge is -2.17. The lowest BCUT2D eigenvalue weighted by Crippen LogP contribution is -2.19. The van der Waals surface area contributed by atoms with Crippen LogP contribution in [0, 0.1) is 0 Å². The number of unbranched alkanes of at least 4 members (excludes halogenated alkanes) is 12. The van der Waals surface area contributed by atoms with E-state index in [2.05, 4.69) is 6.92 Å². The van der Waals surface area contributed by atoms with E-state index in [-0.39, 0.29) is 17.2 Å². The highest BCUT2D eigenvalue weighted by Gasteiger charge is 2.20. The summed E-state index contributed by atoms with van der Waals surface area (Å²) in [5.41, 5.74) is 0.132. The van der Waals surface area contributed by atoms with Gasteiger partial charge in [0.25, 0.3) is 0 Å². The van der Waals surface area contributed by atoms with Crippen LogP contribution in [0.15, 0.2) is 24.3 Å². The Morgan fingerprint density at radius 3 is 1.70 bits per heavy atom. The molecule has 0 saturated heterocycles. The van der Waals surface area contributed by atoms with Crippen molar-refractivity contribution in [2.45, 2.75) is 116 Å². The van der Waals surface area contributed by atoms with Crippen LogP contribution < -0.4 is 0 Å². The van der Waals surface area contributed by atoms with E-state index in [1.165, 1.54) is 82.8 Å². The van der Waals surface area contributed by atoms with Gasteiger partial charge in [-0.3, -0.25) is 0 Å². The van der Waals surface area contributed by atoms with Crippen LogP contribution in [0.3, 0.4) is 0 Å². The number of ether oxygens (including phenoxy) is 1. The first-order valence-corrected chi connectivity index (χ1v) is 12.1. The number of carbonyl (C=O) groups excluding carboxylic acids is 1. The SMILES string of the molecule is CCCCCCCCCCCCCCC[C@H](CC)OC(=O)c1ccccc1C(=O)O. The van der Waals surface area contributed by atoms with Crippen LogP contribution in [0.2, 0.25) is 0 Å². The molecule has 170 valence electrons. The molecular formula is C26H42O4. The molecule has 0 unspecified atom stereocenters. The van der Waals surface area contributed by atoms with Crippen LogP contribution in [0.5, 0.6) is 0 Å². The lowest BCUT2D eigenvalue weighted by molar-refractivity contribution is 0.0262. The molecule has 0 aliphatic rings. The second kappa shape index (κ2) is 16.9. The molecule has 30 heavy (non-hydrogen) atoms. The van der Waals surface area contributed by atoms with E-state index < -0.39 is 11.9 Å². The van der Waals surface area contributed by atoms with Crippen molar-refractivity contribution in [2.24, 2.45) is 0 Å². The number of rotatable bonds is 18. The van der Waals surface area contributed by atoms with Gasteiger partial charge in [-0.25, -0.2) is 9.59 Å². The standard InChI is InChI=1S/C26H42O4/c1-3-5-6-7-8-9-10-11-12-13-14-15-16-19-22(4-2)30-26(29)24-21-18-17-20-23(24)25(27)28/h17-18,20-22H,3-16,19H2,1-2H3,(H,27,28)/t22-/m0/s1. The minimum atomic E-state index is -1.10. The van der Waals surface area contributed by atoms with Crippen LogP contribution >= 0.6 is 0 Å². The van der Waals surface area contributed by atoms with Gasteiger partial charge < -0.3 is 9.84 Å². The third kappa shape index (κ3) is 11.4. The number of carboxylic acid groups (broad SMARTS) is 1. The fraction of sp³-hybridized carbons (Fsp3) is 0.692. The molecule has 0 aliphatic carbocycles. The second-order valence-corrected chi connectivity index (χ2v) is 8.32. The van der Waals surface area contributed by atoms with Gasteiger partial charge in [0.05, 0.1) is 11.1 Å². The van der Waals surface area contributed by atoms with Gasteiger partial charge in [-0.15, -0.1) is 0 Å². The molecule has 0 radical (unpaired) electrons. The van der Waals surface area contributed by atoms with Crippen molar-refractivity contribution in [1.82, 2.24) is 0 Å². The molecule has 4 heteroatoms. The van der Waals surface area contributed by atoms with Crippen LogP contribution in [-0.4, -0.2) is 23.1 Å². The van der Waals surface area contributed by atoms with Crippen LogP contribution in [-0.2, 0) is 4.74 Å². The highest BCUT2D eigenvalue weighted by molar-refractivity contribution is 6.02. The van der Waals surface area contributed by atoms with Gasteiger partial charge in [0, 0.05) is 0 Å². The number of hydrogen-bond acceptors (Lipinski definition) is 3. The molecule has 0 fully saturated rings. The summed E-state index contributed by atoms with van der Waals surface area (Å²) in [6.45, 7) is 4.26. The van der Waals surface area contributed by atoms with Crippen molar-refractivity contribution in [3.8, 4) is 0 Å². The van der Waals surface area contributed by atoms with E-state index in [1.807, 2.05) is 6.92 Å². The average Bonchev–Trinajstić information content (AvgIpc) is 2.75. The Hall–Kier alpha value is -1.84. The van der Waals surface area contributed by atoms with Crippen molar-refractivity contribution in [3.63, 3.8) is 0 Å². The Morgan fingerprint density at radius 2 is 1.23 bits per heavy atom. The zero-order valence-corrected chi connectivity index (χ0v) is 19.2. The summed E-state index contributed by atoms with van der Waals surface area (Å²) in [6.07, 6.45) is 18.5. The van der Waals surface area contributed by atoms with Crippen molar-refractivity contribution in [2.75, 3.05) is 0 Å². The largest absolute Gasteiger partial charge is 0.478 e. The average molecular weight is 419 g/mol. The summed E-state index contributed by atoms with van der Waals surface area (Å²) in [5, 5.41) is 9.23. The molecule has 1 N–H and O–H groups in total. The molecule has 1 atom stereocenters.